The fourth-order valence-electron chi connectivity index (χ4n) is 2.62. The Kier molecular flexibility index (Phi) is 3.87. The van der Waals surface area contributed by atoms with Crippen molar-refractivity contribution in [2.75, 3.05) is 18.8 Å². The molecule has 1 aromatic heterocycles. The Morgan fingerprint density at radius 3 is 2.80 bits per heavy atom. The van der Waals surface area contributed by atoms with Crippen LogP contribution in [0.4, 0.5) is 0 Å². The van der Waals surface area contributed by atoms with Crippen molar-refractivity contribution in [3.05, 3.63) is 36.2 Å². The van der Waals surface area contributed by atoms with E-state index in [4.69, 9.17) is 0 Å². The summed E-state index contributed by atoms with van der Waals surface area (Å²) in [6.45, 7) is 1.62. The average molecular weight is 287 g/mol. The number of hydrogen-bond donors (Lipinski definition) is 1. The highest BCUT2D eigenvalue weighted by molar-refractivity contribution is 7.80. The number of fused-ring (bicyclic) bond motifs is 1. The highest BCUT2D eigenvalue weighted by Gasteiger charge is 2.27. The Hall–Kier alpha value is -1.62. The van der Waals surface area contributed by atoms with E-state index in [-0.39, 0.29) is 5.91 Å². The second-order valence-corrected chi connectivity index (χ2v) is 5.59. The number of benzene rings is 1. The second-order valence-electron chi connectivity index (χ2n) is 5.22. The molecule has 0 spiro atoms. The van der Waals surface area contributed by atoms with Gasteiger partial charge in [-0.25, -0.2) is 0 Å². The first-order valence-corrected chi connectivity index (χ1v) is 7.48. The van der Waals surface area contributed by atoms with E-state index in [1.807, 2.05) is 11.0 Å². The largest absolute Gasteiger partial charge is 0.342 e. The number of aromatic nitrogens is 2. The van der Waals surface area contributed by atoms with Gasteiger partial charge in [-0.2, -0.15) is 12.6 Å². The molecule has 0 bridgehead atoms. The van der Waals surface area contributed by atoms with E-state index in [1.165, 1.54) is 5.56 Å². The molecule has 20 heavy (non-hydrogen) atoms. The maximum Gasteiger partial charge on any atom is 0.222 e. The van der Waals surface area contributed by atoms with Gasteiger partial charge >= 0.3 is 0 Å². The zero-order valence-electron chi connectivity index (χ0n) is 11.2. The topological polar surface area (TPSA) is 46.1 Å². The lowest BCUT2D eigenvalue weighted by atomic mass is 10.1. The Bertz CT molecular complexity index is 631. The maximum atomic E-state index is 11.8. The van der Waals surface area contributed by atoms with Crippen LogP contribution >= 0.6 is 12.6 Å². The van der Waals surface area contributed by atoms with Crippen LogP contribution in [0.15, 0.2) is 30.6 Å². The molecule has 2 aromatic rings. The van der Waals surface area contributed by atoms with Crippen LogP contribution < -0.4 is 0 Å². The third kappa shape index (κ3) is 2.77. The van der Waals surface area contributed by atoms with Gasteiger partial charge in [-0.05, 0) is 35.8 Å². The molecule has 1 fully saturated rings. The van der Waals surface area contributed by atoms with Gasteiger partial charge < -0.3 is 4.90 Å². The van der Waals surface area contributed by atoms with Gasteiger partial charge in [-0.15, -0.1) is 0 Å². The van der Waals surface area contributed by atoms with E-state index in [1.54, 1.807) is 12.4 Å². The number of nitrogens with zero attached hydrogens (tertiary/aromatic N) is 3. The number of thiol groups is 1. The van der Waals surface area contributed by atoms with Gasteiger partial charge in [0.15, 0.2) is 0 Å². The van der Waals surface area contributed by atoms with Crippen molar-refractivity contribution < 1.29 is 4.79 Å². The maximum absolute atomic E-state index is 11.8. The smallest absolute Gasteiger partial charge is 0.222 e. The van der Waals surface area contributed by atoms with E-state index in [0.717, 1.165) is 36.3 Å². The molecule has 1 saturated heterocycles. The summed E-state index contributed by atoms with van der Waals surface area (Å²) in [5.74, 6) is 1.45. The molecule has 0 aliphatic carbocycles. The molecular weight excluding hydrogens is 270 g/mol. The standard InChI is InChI=1S/C15H17N3OS/c19-15-8-12(10-20)9-18(15)6-3-11-1-2-13-14(7-11)17-5-4-16-13/h1-2,4-5,7,12,20H,3,6,8-10H2. The zero-order valence-corrected chi connectivity index (χ0v) is 12.1. The molecule has 1 aliphatic rings. The van der Waals surface area contributed by atoms with Crippen LogP contribution in [-0.4, -0.2) is 39.6 Å². The summed E-state index contributed by atoms with van der Waals surface area (Å²) < 4.78 is 0. The van der Waals surface area contributed by atoms with Gasteiger partial charge in [0.1, 0.15) is 0 Å². The molecular formula is C15H17N3OS. The summed E-state index contributed by atoms with van der Waals surface area (Å²) in [6.07, 6.45) is 4.90. The van der Waals surface area contributed by atoms with Crippen LogP contribution in [0.5, 0.6) is 0 Å². The third-order valence-electron chi connectivity index (χ3n) is 3.76. The molecule has 0 N–H and O–H groups in total. The summed E-state index contributed by atoms with van der Waals surface area (Å²) in [6, 6.07) is 6.10. The van der Waals surface area contributed by atoms with E-state index in [0.29, 0.717) is 12.3 Å². The SMILES string of the molecule is O=C1CC(CS)CN1CCc1ccc2nccnc2c1. The minimum atomic E-state index is 0.254. The number of rotatable bonds is 4. The predicted octanol–water partition coefficient (Wildman–Crippen LogP) is 1.95. The number of carbonyl (C=O) groups excluding carboxylic acids is 1. The van der Waals surface area contributed by atoms with Crippen molar-refractivity contribution in [1.82, 2.24) is 14.9 Å². The van der Waals surface area contributed by atoms with Crippen molar-refractivity contribution in [2.24, 2.45) is 5.92 Å². The van der Waals surface area contributed by atoms with Gasteiger partial charge in [-0.1, -0.05) is 6.07 Å². The highest BCUT2D eigenvalue weighted by Crippen LogP contribution is 2.19. The molecule has 1 aromatic carbocycles. The van der Waals surface area contributed by atoms with Crippen LogP contribution in [0.3, 0.4) is 0 Å². The first-order valence-electron chi connectivity index (χ1n) is 6.84. The fourth-order valence-corrected chi connectivity index (χ4v) is 2.87. The van der Waals surface area contributed by atoms with Crippen molar-refractivity contribution in [3.8, 4) is 0 Å². The molecule has 104 valence electrons. The second kappa shape index (κ2) is 5.79. The minimum Gasteiger partial charge on any atom is -0.342 e. The monoisotopic (exact) mass is 287 g/mol. The first kappa shape index (κ1) is 13.4. The van der Waals surface area contributed by atoms with Gasteiger partial charge in [0.2, 0.25) is 5.91 Å². The highest BCUT2D eigenvalue weighted by atomic mass is 32.1. The zero-order chi connectivity index (χ0) is 13.9. The molecule has 1 aliphatic heterocycles. The van der Waals surface area contributed by atoms with E-state index < -0.39 is 0 Å². The Balaban J connectivity index is 1.66. The molecule has 4 nitrogen and oxygen atoms in total. The first-order chi connectivity index (χ1) is 9.76. The molecule has 0 saturated carbocycles. The van der Waals surface area contributed by atoms with Crippen molar-refractivity contribution in [2.45, 2.75) is 12.8 Å². The third-order valence-corrected chi connectivity index (χ3v) is 4.27. The Morgan fingerprint density at radius 2 is 2.05 bits per heavy atom. The van der Waals surface area contributed by atoms with Crippen LogP contribution in [-0.2, 0) is 11.2 Å². The fraction of sp³-hybridized carbons (Fsp3) is 0.400. The Morgan fingerprint density at radius 1 is 1.25 bits per heavy atom. The van der Waals surface area contributed by atoms with Crippen LogP contribution in [0.25, 0.3) is 11.0 Å². The summed E-state index contributed by atoms with van der Waals surface area (Å²) in [5.41, 5.74) is 3.01. The average Bonchev–Trinajstić information content (AvgIpc) is 2.85. The lowest BCUT2D eigenvalue weighted by Gasteiger charge is -2.16. The number of likely N-dealkylation sites (tertiary alicyclic amines) is 1. The molecule has 5 heteroatoms. The summed E-state index contributed by atoms with van der Waals surface area (Å²) in [7, 11) is 0. The molecule has 3 rings (SSSR count). The molecule has 1 atom stereocenters. The lowest BCUT2D eigenvalue weighted by Crippen LogP contribution is -2.27. The molecule has 1 unspecified atom stereocenters. The van der Waals surface area contributed by atoms with Crippen molar-refractivity contribution >= 4 is 29.6 Å². The van der Waals surface area contributed by atoms with Gasteiger partial charge in [-0.3, -0.25) is 14.8 Å². The summed E-state index contributed by atoms with van der Waals surface area (Å²) >= 11 is 4.28. The lowest BCUT2D eigenvalue weighted by molar-refractivity contribution is -0.127. The van der Waals surface area contributed by atoms with Crippen molar-refractivity contribution in [3.63, 3.8) is 0 Å². The minimum absolute atomic E-state index is 0.254. The number of carbonyl (C=O) groups is 1. The van der Waals surface area contributed by atoms with E-state index >= 15 is 0 Å². The van der Waals surface area contributed by atoms with E-state index in [2.05, 4.69) is 34.7 Å². The summed E-state index contributed by atoms with van der Waals surface area (Å²) in [4.78, 5) is 22.4. The predicted molar refractivity (Wildman–Crippen MR) is 81.8 cm³/mol. The van der Waals surface area contributed by atoms with Crippen LogP contribution in [0, 0.1) is 5.92 Å². The van der Waals surface area contributed by atoms with Gasteiger partial charge in [0, 0.05) is 31.9 Å². The quantitative estimate of drug-likeness (QED) is 0.874. The van der Waals surface area contributed by atoms with E-state index in [9.17, 15) is 4.79 Å². The number of amides is 1. The Labute approximate surface area is 123 Å². The van der Waals surface area contributed by atoms with Crippen LogP contribution in [0.2, 0.25) is 0 Å². The van der Waals surface area contributed by atoms with Crippen LogP contribution in [0.1, 0.15) is 12.0 Å². The molecule has 2 heterocycles. The molecule has 0 radical (unpaired) electrons. The van der Waals surface area contributed by atoms with Gasteiger partial charge in [0.25, 0.3) is 0 Å². The number of hydrogen-bond acceptors (Lipinski definition) is 4. The summed E-state index contributed by atoms with van der Waals surface area (Å²) in [5, 5.41) is 0. The van der Waals surface area contributed by atoms with Crippen molar-refractivity contribution in [1.29, 1.82) is 0 Å². The molecule has 1 amide bonds. The van der Waals surface area contributed by atoms with Gasteiger partial charge in [0.05, 0.1) is 11.0 Å². The normalized spacial score (nSPS) is 18.9.